The van der Waals surface area contributed by atoms with Crippen molar-refractivity contribution in [1.29, 1.82) is 0 Å². The van der Waals surface area contributed by atoms with Crippen molar-refractivity contribution in [1.82, 2.24) is 14.8 Å². The Morgan fingerprint density at radius 2 is 1.60 bits per heavy atom. The zero-order valence-corrected chi connectivity index (χ0v) is 13.6. The molecular formula is C16H25N3S. The van der Waals surface area contributed by atoms with Gasteiger partial charge in [-0.1, -0.05) is 11.8 Å². The maximum Gasteiger partial charge on any atom is 0.191 e. The van der Waals surface area contributed by atoms with Crippen molar-refractivity contribution >= 4 is 11.8 Å². The zero-order chi connectivity index (χ0) is 13.9. The van der Waals surface area contributed by atoms with Crippen LogP contribution in [0, 0.1) is 17.8 Å². The number of hydrogen-bond donors (Lipinski definition) is 0. The van der Waals surface area contributed by atoms with Gasteiger partial charge >= 0.3 is 0 Å². The van der Waals surface area contributed by atoms with Crippen LogP contribution >= 0.6 is 11.8 Å². The molecule has 110 valence electrons. The molecule has 1 heterocycles. The lowest BCUT2D eigenvalue weighted by Crippen LogP contribution is -2.49. The molecule has 0 spiro atoms. The second-order valence-electron chi connectivity index (χ2n) is 7.67. The Kier molecular flexibility index (Phi) is 2.96. The first-order chi connectivity index (χ1) is 9.61. The molecule has 0 N–H and O–H groups in total. The van der Waals surface area contributed by atoms with Crippen molar-refractivity contribution in [2.45, 2.75) is 69.0 Å². The molecule has 1 aromatic heterocycles. The van der Waals surface area contributed by atoms with Gasteiger partial charge in [-0.05, 0) is 76.4 Å². The molecule has 1 aromatic rings. The molecule has 5 rings (SSSR count). The smallest absolute Gasteiger partial charge is 0.191 e. The van der Waals surface area contributed by atoms with E-state index in [1.165, 1.54) is 44.3 Å². The van der Waals surface area contributed by atoms with E-state index >= 15 is 0 Å². The van der Waals surface area contributed by atoms with Gasteiger partial charge in [0.1, 0.15) is 5.82 Å². The van der Waals surface area contributed by atoms with Crippen LogP contribution in [0.4, 0.5) is 0 Å². The van der Waals surface area contributed by atoms with E-state index in [1.807, 2.05) is 0 Å². The Hall–Kier alpha value is -0.510. The standard InChI is InChI=1S/C16H25N3S/c1-10(2)19-14(17-18-15(19)20-3)16-7-11-4-12(8-16)6-13(5-11)9-16/h10-13H,4-9H2,1-3H3. The lowest BCUT2D eigenvalue weighted by Gasteiger charge is -2.56. The number of aromatic nitrogens is 3. The Morgan fingerprint density at radius 3 is 2.05 bits per heavy atom. The first-order valence-corrected chi connectivity index (χ1v) is 9.33. The molecule has 0 aromatic carbocycles. The average molecular weight is 291 g/mol. The van der Waals surface area contributed by atoms with E-state index in [-0.39, 0.29) is 0 Å². The highest BCUT2D eigenvalue weighted by atomic mass is 32.2. The van der Waals surface area contributed by atoms with Crippen molar-refractivity contribution in [3.05, 3.63) is 5.82 Å². The van der Waals surface area contributed by atoms with E-state index in [2.05, 4.69) is 29.8 Å². The predicted octanol–water partition coefficient (Wildman–Crippen LogP) is 4.05. The Morgan fingerprint density at radius 1 is 1.05 bits per heavy atom. The summed E-state index contributed by atoms with van der Waals surface area (Å²) in [6.45, 7) is 4.54. The number of nitrogens with zero attached hydrogens (tertiary/aromatic N) is 3. The zero-order valence-electron chi connectivity index (χ0n) is 12.8. The molecule has 4 aliphatic rings. The highest BCUT2D eigenvalue weighted by Gasteiger charge is 2.54. The molecule has 0 unspecified atom stereocenters. The van der Waals surface area contributed by atoms with Crippen LogP contribution in [0.2, 0.25) is 0 Å². The Balaban J connectivity index is 1.79. The van der Waals surface area contributed by atoms with Gasteiger partial charge in [-0.2, -0.15) is 0 Å². The minimum absolute atomic E-state index is 0.361. The average Bonchev–Trinajstić information content (AvgIpc) is 2.81. The highest BCUT2D eigenvalue weighted by molar-refractivity contribution is 7.98. The summed E-state index contributed by atoms with van der Waals surface area (Å²) in [5.74, 6) is 4.22. The van der Waals surface area contributed by atoms with Crippen molar-refractivity contribution in [2.24, 2.45) is 17.8 Å². The third kappa shape index (κ3) is 1.79. The quantitative estimate of drug-likeness (QED) is 0.787. The van der Waals surface area contributed by atoms with Crippen molar-refractivity contribution in [3.8, 4) is 0 Å². The summed E-state index contributed by atoms with van der Waals surface area (Å²) in [5.41, 5.74) is 0.361. The first kappa shape index (κ1) is 13.2. The van der Waals surface area contributed by atoms with Crippen molar-refractivity contribution in [3.63, 3.8) is 0 Å². The van der Waals surface area contributed by atoms with Crippen LogP contribution in [0.3, 0.4) is 0 Å². The minimum Gasteiger partial charge on any atom is -0.303 e. The van der Waals surface area contributed by atoms with E-state index in [0.29, 0.717) is 11.5 Å². The first-order valence-electron chi connectivity index (χ1n) is 8.10. The van der Waals surface area contributed by atoms with Crippen LogP contribution in [-0.2, 0) is 5.41 Å². The predicted molar refractivity (Wildman–Crippen MR) is 82.0 cm³/mol. The molecule has 0 amide bonds. The molecule has 20 heavy (non-hydrogen) atoms. The maximum atomic E-state index is 4.69. The topological polar surface area (TPSA) is 30.7 Å². The summed E-state index contributed by atoms with van der Waals surface area (Å²) in [6, 6.07) is 0.468. The molecule has 3 nitrogen and oxygen atoms in total. The summed E-state index contributed by atoms with van der Waals surface area (Å²) in [4.78, 5) is 0. The van der Waals surface area contributed by atoms with Crippen LogP contribution < -0.4 is 0 Å². The highest BCUT2D eigenvalue weighted by Crippen LogP contribution is 2.60. The van der Waals surface area contributed by atoms with Crippen LogP contribution in [0.15, 0.2) is 5.16 Å². The summed E-state index contributed by atoms with van der Waals surface area (Å²) in [6.07, 6.45) is 10.7. The number of thioether (sulfide) groups is 1. The van der Waals surface area contributed by atoms with Crippen LogP contribution in [0.5, 0.6) is 0 Å². The molecule has 0 atom stereocenters. The van der Waals surface area contributed by atoms with Gasteiger partial charge in [0.2, 0.25) is 0 Å². The summed E-state index contributed by atoms with van der Waals surface area (Å²) < 4.78 is 2.43. The summed E-state index contributed by atoms with van der Waals surface area (Å²) >= 11 is 1.74. The summed E-state index contributed by atoms with van der Waals surface area (Å²) in [7, 11) is 0. The van der Waals surface area contributed by atoms with Crippen LogP contribution in [-0.4, -0.2) is 21.0 Å². The third-order valence-corrected chi connectivity index (χ3v) is 6.52. The molecule has 4 bridgehead atoms. The van der Waals surface area contributed by atoms with Crippen LogP contribution in [0.1, 0.15) is 64.2 Å². The van der Waals surface area contributed by atoms with Crippen molar-refractivity contribution in [2.75, 3.05) is 6.26 Å². The Labute approximate surface area is 125 Å². The van der Waals surface area contributed by atoms with Gasteiger partial charge < -0.3 is 4.57 Å². The lowest BCUT2D eigenvalue weighted by atomic mass is 9.49. The summed E-state index contributed by atoms with van der Waals surface area (Å²) in [5, 5.41) is 10.3. The van der Waals surface area contributed by atoms with Gasteiger partial charge in [0, 0.05) is 11.5 Å². The molecule has 4 saturated carbocycles. The van der Waals surface area contributed by atoms with E-state index in [9.17, 15) is 0 Å². The molecule has 4 aliphatic carbocycles. The fourth-order valence-corrected chi connectivity index (χ4v) is 6.24. The van der Waals surface area contributed by atoms with E-state index in [1.54, 1.807) is 11.8 Å². The normalized spacial score (nSPS) is 38.9. The van der Waals surface area contributed by atoms with Gasteiger partial charge in [-0.25, -0.2) is 0 Å². The molecule has 0 aliphatic heterocycles. The van der Waals surface area contributed by atoms with Gasteiger partial charge in [0.25, 0.3) is 0 Å². The maximum absolute atomic E-state index is 4.69. The van der Waals surface area contributed by atoms with E-state index in [4.69, 9.17) is 5.10 Å². The van der Waals surface area contributed by atoms with Crippen LogP contribution in [0.25, 0.3) is 0 Å². The molecular weight excluding hydrogens is 266 g/mol. The van der Waals surface area contributed by atoms with E-state index < -0.39 is 0 Å². The molecule has 4 heteroatoms. The second-order valence-corrected chi connectivity index (χ2v) is 8.45. The minimum atomic E-state index is 0.361. The third-order valence-electron chi connectivity index (χ3n) is 5.88. The fourth-order valence-electron chi connectivity index (χ4n) is 5.63. The van der Waals surface area contributed by atoms with Gasteiger partial charge in [0.15, 0.2) is 5.16 Å². The van der Waals surface area contributed by atoms with E-state index in [0.717, 1.165) is 22.9 Å². The molecule has 0 radical (unpaired) electrons. The van der Waals surface area contributed by atoms with Crippen molar-refractivity contribution < 1.29 is 0 Å². The largest absolute Gasteiger partial charge is 0.303 e. The van der Waals surface area contributed by atoms with Gasteiger partial charge in [0.05, 0.1) is 0 Å². The van der Waals surface area contributed by atoms with Gasteiger partial charge in [-0.15, -0.1) is 10.2 Å². The molecule has 4 fully saturated rings. The van der Waals surface area contributed by atoms with Gasteiger partial charge in [-0.3, -0.25) is 0 Å². The Bertz CT molecular complexity index is 485. The monoisotopic (exact) mass is 291 g/mol. The number of hydrogen-bond acceptors (Lipinski definition) is 3. The lowest BCUT2D eigenvalue weighted by molar-refractivity contribution is -0.0118. The number of rotatable bonds is 3. The molecule has 0 saturated heterocycles. The SMILES string of the molecule is CSc1nnc(C23CC4CC(CC(C4)C2)C3)n1C(C)C. The second kappa shape index (κ2) is 4.49. The fraction of sp³-hybridized carbons (Fsp3) is 0.875.